The monoisotopic (exact) mass is 425 g/mol. The Morgan fingerprint density at radius 3 is 2.63 bits per heavy atom. The average molecular weight is 426 g/mol. The number of hydrogen-bond acceptors (Lipinski definition) is 4. The first-order chi connectivity index (χ1) is 14.4. The molecule has 2 heterocycles. The van der Waals surface area contributed by atoms with E-state index in [0.717, 1.165) is 22.4 Å². The number of aromatic nitrogens is 2. The maximum atomic E-state index is 12.4. The average Bonchev–Trinajstić information content (AvgIpc) is 3.27. The van der Waals surface area contributed by atoms with Crippen molar-refractivity contribution < 1.29 is 13.2 Å². The summed E-state index contributed by atoms with van der Waals surface area (Å²) >= 11 is 0. The Hall–Kier alpha value is -3.17. The number of sulfonamides is 1. The summed E-state index contributed by atoms with van der Waals surface area (Å²) in [5.74, 6) is 0. The van der Waals surface area contributed by atoms with Crippen LogP contribution >= 0.6 is 0 Å². The van der Waals surface area contributed by atoms with Gasteiger partial charge in [0.2, 0.25) is 10.0 Å². The second-order valence-electron chi connectivity index (χ2n) is 7.21. The van der Waals surface area contributed by atoms with Crippen molar-refractivity contribution in [2.75, 3.05) is 18.1 Å². The van der Waals surface area contributed by atoms with Gasteiger partial charge in [0.15, 0.2) is 0 Å². The van der Waals surface area contributed by atoms with Crippen LogP contribution in [0.1, 0.15) is 16.7 Å². The lowest BCUT2D eigenvalue weighted by Crippen LogP contribution is -2.36. The molecule has 0 atom stereocenters. The minimum Gasteiger partial charge on any atom is -0.334 e. The molecule has 0 fully saturated rings. The van der Waals surface area contributed by atoms with Crippen LogP contribution < -0.4 is 10.6 Å². The van der Waals surface area contributed by atoms with Gasteiger partial charge in [-0.3, -0.25) is 0 Å². The molecule has 1 aliphatic rings. The maximum Gasteiger partial charge on any atom is 0.319 e. The summed E-state index contributed by atoms with van der Waals surface area (Å²) in [7, 11) is -3.23. The first-order valence-electron chi connectivity index (χ1n) is 9.60. The molecule has 0 saturated carbocycles. The normalized spacial score (nSPS) is 14.2. The van der Waals surface area contributed by atoms with Gasteiger partial charge in [0.25, 0.3) is 0 Å². The highest BCUT2D eigenvalue weighted by Gasteiger charge is 2.24. The standard InChI is InChI=1S/C21H23N5O3S/c1-30(28,29)25-13-10-19-17(15-25)4-2-5-20(19)24-21(27)22-14-16-6-8-18(9-7-16)26-12-3-11-23-26/h2-9,11-12H,10,13-15H2,1H3,(H2,22,24,27). The molecular formula is C21H23N5O3S. The van der Waals surface area contributed by atoms with Crippen molar-refractivity contribution in [3.8, 4) is 5.69 Å². The van der Waals surface area contributed by atoms with Crippen LogP contribution in [0.3, 0.4) is 0 Å². The van der Waals surface area contributed by atoms with Gasteiger partial charge in [0.1, 0.15) is 0 Å². The molecule has 0 aliphatic carbocycles. The third kappa shape index (κ3) is 4.52. The molecular weight excluding hydrogens is 402 g/mol. The molecule has 0 spiro atoms. The maximum absolute atomic E-state index is 12.4. The number of anilines is 1. The van der Waals surface area contributed by atoms with Gasteiger partial charge >= 0.3 is 6.03 Å². The number of hydrogen-bond donors (Lipinski definition) is 2. The quantitative estimate of drug-likeness (QED) is 0.657. The van der Waals surface area contributed by atoms with Crippen LogP contribution in [0.5, 0.6) is 0 Å². The number of nitrogens with zero attached hydrogens (tertiary/aromatic N) is 3. The number of nitrogens with one attached hydrogen (secondary N) is 2. The van der Waals surface area contributed by atoms with Crippen LogP contribution in [-0.2, 0) is 29.5 Å². The topological polar surface area (TPSA) is 96.3 Å². The van der Waals surface area contributed by atoms with Crippen LogP contribution in [0, 0.1) is 0 Å². The van der Waals surface area contributed by atoms with E-state index in [-0.39, 0.29) is 6.03 Å². The van der Waals surface area contributed by atoms with Gasteiger partial charge in [0, 0.05) is 37.7 Å². The molecule has 156 valence electrons. The van der Waals surface area contributed by atoms with E-state index in [0.29, 0.717) is 31.7 Å². The van der Waals surface area contributed by atoms with E-state index in [1.807, 2.05) is 54.7 Å². The summed E-state index contributed by atoms with van der Waals surface area (Å²) < 4.78 is 26.8. The van der Waals surface area contributed by atoms with Gasteiger partial charge in [-0.1, -0.05) is 24.3 Å². The van der Waals surface area contributed by atoms with E-state index in [4.69, 9.17) is 0 Å². The highest BCUT2D eigenvalue weighted by atomic mass is 32.2. The van der Waals surface area contributed by atoms with Crippen molar-refractivity contribution in [3.05, 3.63) is 77.6 Å². The lowest BCUT2D eigenvalue weighted by atomic mass is 9.99. The van der Waals surface area contributed by atoms with E-state index < -0.39 is 10.0 Å². The van der Waals surface area contributed by atoms with Crippen molar-refractivity contribution in [2.45, 2.75) is 19.5 Å². The number of carbonyl (C=O) groups excluding carboxylic acids is 1. The minimum atomic E-state index is -3.23. The SMILES string of the molecule is CS(=O)(=O)N1CCc2c(cccc2NC(=O)NCc2ccc(-n3cccn3)cc2)C1. The summed E-state index contributed by atoms with van der Waals surface area (Å²) in [6.07, 6.45) is 5.38. The van der Waals surface area contributed by atoms with Crippen LogP contribution in [0.2, 0.25) is 0 Å². The summed E-state index contributed by atoms with van der Waals surface area (Å²) in [6.45, 7) is 1.13. The first-order valence-corrected chi connectivity index (χ1v) is 11.4. The second kappa shape index (κ2) is 8.29. The molecule has 2 amide bonds. The smallest absolute Gasteiger partial charge is 0.319 e. The molecule has 0 unspecified atom stereocenters. The number of benzene rings is 2. The lowest BCUT2D eigenvalue weighted by molar-refractivity contribution is 0.251. The molecule has 2 aromatic carbocycles. The van der Waals surface area contributed by atoms with E-state index in [1.165, 1.54) is 10.6 Å². The zero-order valence-electron chi connectivity index (χ0n) is 16.6. The van der Waals surface area contributed by atoms with Gasteiger partial charge in [-0.2, -0.15) is 9.40 Å². The second-order valence-corrected chi connectivity index (χ2v) is 9.20. The number of fused-ring (bicyclic) bond motifs is 1. The number of urea groups is 1. The number of rotatable bonds is 5. The fourth-order valence-electron chi connectivity index (χ4n) is 3.52. The lowest BCUT2D eigenvalue weighted by Gasteiger charge is -2.28. The zero-order chi connectivity index (χ0) is 21.1. The van der Waals surface area contributed by atoms with Gasteiger partial charge < -0.3 is 10.6 Å². The predicted octanol–water partition coefficient (Wildman–Crippen LogP) is 2.51. The fourth-order valence-corrected chi connectivity index (χ4v) is 4.32. The van der Waals surface area contributed by atoms with Gasteiger partial charge in [-0.25, -0.2) is 17.9 Å². The van der Waals surface area contributed by atoms with E-state index in [1.54, 1.807) is 10.9 Å². The summed E-state index contributed by atoms with van der Waals surface area (Å²) in [6, 6.07) is 14.9. The van der Waals surface area contributed by atoms with Crippen molar-refractivity contribution in [3.63, 3.8) is 0 Å². The summed E-state index contributed by atoms with van der Waals surface area (Å²) in [5.41, 5.74) is 4.54. The fraction of sp³-hybridized carbons (Fsp3) is 0.238. The van der Waals surface area contributed by atoms with Crippen molar-refractivity contribution in [2.24, 2.45) is 0 Å². The van der Waals surface area contributed by atoms with Crippen LogP contribution in [0.4, 0.5) is 10.5 Å². The summed E-state index contributed by atoms with van der Waals surface area (Å²) in [4.78, 5) is 12.4. The van der Waals surface area contributed by atoms with Crippen molar-refractivity contribution in [1.29, 1.82) is 0 Å². The Bertz CT molecular complexity index is 1140. The molecule has 0 bridgehead atoms. The first kappa shape index (κ1) is 20.1. The Kier molecular flexibility index (Phi) is 5.56. The highest BCUT2D eigenvalue weighted by molar-refractivity contribution is 7.88. The number of carbonyl (C=O) groups is 1. The zero-order valence-corrected chi connectivity index (χ0v) is 17.4. The van der Waals surface area contributed by atoms with Crippen LogP contribution in [0.15, 0.2) is 60.9 Å². The largest absolute Gasteiger partial charge is 0.334 e. The molecule has 3 aromatic rings. The predicted molar refractivity (Wildman–Crippen MR) is 115 cm³/mol. The Balaban J connectivity index is 1.37. The Morgan fingerprint density at radius 2 is 1.93 bits per heavy atom. The van der Waals surface area contributed by atoms with Crippen molar-refractivity contribution >= 4 is 21.7 Å². The third-order valence-electron chi connectivity index (χ3n) is 5.11. The molecule has 1 aliphatic heterocycles. The van der Waals surface area contributed by atoms with E-state index in [9.17, 15) is 13.2 Å². The van der Waals surface area contributed by atoms with Crippen molar-refractivity contribution in [1.82, 2.24) is 19.4 Å². The Morgan fingerprint density at radius 1 is 1.13 bits per heavy atom. The van der Waals surface area contributed by atoms with Gasteiger partial charge in [-0.15, -0.1) is 0 Å². The van der Waals surface area contributed by atoms with Gasteiger partial charge in [-0.05, 0) is 47.4 Å². The van der Waals surface area contributed by atoms with E-state index >= 15 is 0 Å². The molecule has 0 radical (unpaired) electrons. The molecule has 8 nitrogen and oxygen atoms in total. The van der Waals surface area contributed by atoms with Crippen LogP contribution in [-0.4, -0.2) is 41.3 Å². The molecule has 9 heteroatoms. The molecule has 1 aromatic heterocycles. The molecule has 4 rings (SSSR count). The third-order valence-corrected chi connectivity index (χ3v) is 6.36. The highest BCUT2D eigenvalue weighted by Crippen LogP contribution is 2.27. The molecule has 0 saturated heterocycles. The Labute approximate surface area is 175 Å². The van der Waals surface area contributed by atoms with Gasteiger partial charge in [0.05, 0.1) is 11.9 Å². The molecule has 30 heavy (non-hydrogen) atoms. The minimum absolute atomic E-state index is 0.301. The molecule has 2 N–H and O–H groups in total. The number of amides is 2. The van der Waals surface area contributed by atoms with Crippen LogP contribution in [0.25, 0.3) is 5.69 Å². The van der Waals surface area contributed by atoms with E-state index in [2.05, 4.69) is 15.7 Å². The summed E-state index contributed by atoms with van der Waals surface area (Å²) in [5, 5.41) is 9.95.